The number of hydrogen-bond donors (Lipinski definition) is 0. The Bertz CT molecular complexity index is 357. The summed E-state index contributed by atoms with van der Waals surface area (Å²) in [5, 5.41) is 0.335. The van der Waals surface area contributed by atoms with Gasteiger partial charge in [-0.2, -0.15) is 0 Å². The Kier molecular flexibility index (Phi) is 3.27. The highest BCUT2D eigenvalue weighted by Gasteiger charge is 2.19. The zero-order valence-corrected chi connectivity index (χ0v) is 8.23. The molecule has 0 aliphatic heterocycles. The number of benzene rings is 1. The highest BCUT2D eigenvalue weighted by molar-refractivity contribution is 6.65. The SMILES string of the molecule is C/C(=C/[B-](F)(F)F)c1ccccc1Cl. The Morgan fingerprint density at radius 2 is 1.86 bits per heavy atom. The van der Waals surface area contributed by atoms with E-state index in [1.54, 1.807) is 24.3 Å². The van der Waals surface area contributed by atoms with Crippen LogP contribution in [0, 0.1) is 0 Å². The summed E-state index contributed by atoms with van der Waals surface area (Å²) < 4.78 is 36.2. The monoisotopic (exact) mass is 219 g/mol. The smallest absolute Gasteiger partial charge is 0.445 e. The van der Waals surface area contributed by atoms with Crippen molar-refractivity contribution in [3.05, 3.63) is 40.8 Å². The molecule has 0 spiro atoms. The molecule has 0 heterocycles. The lowest BCUT2D eigenvalue weighted by Crippen LogP contribution is -2.10. The molecular weight excluding hydrogens is 211 g/mol. The van der Waals surface area contributed by atoms with Crippen LogP contribution >= 0.6 is 11.6 Å². The molecule has 0 N–H and O–H groups in total. The molecule has 0 bridgehead atoms. The maximum Gasteiger partial charge on any atom is 0.502 e. The van der Waals surface area contributed by atoms with Gasteiger partial charge in [0.1, 0.15) is 0 Å². The van der Waals surface area contributed by atoms with E-state index in [-0.39, 0.29) is 5.57 Å². The molecule has 76 valence electrons. The van der Waals surface area contributed by atoms with Crippen LogP contribution in [-0.4, -0.2) is 6.98 Å². The van der Waals surface area contributed by atoms with Gasteiger partial charge in [0.05, 0.1) is 0 Å². The van der Waals surface area contributed by atoms with Gasteiger partial charge in [0.2, 0.25) is 0 Å². The molecule has 0 atom stereocenters. The van der Waals surface area contributed by atoms with Gasteiger partial charge >= 0.3 is 6.98 Å². The lowest BCUT2D eigenvalue weighted by molar-refractivity contribution is 0.499. The predicted octanol–water partition coefficient (Wildman–Crippen LogP) is 4.13. The standard InChI is InChI=1S/C9H8BClF3/c1-7(6-10(12,13)14)8-4-2-3-5-9(8)11/h2-6H,1H3/q-1/b7-6-. The minimum absolute atomic E-state index is 0.142. The summed E-state index contributed by atoms with van der Waals surface area (Å²) in [6, 6.07) is 6.47. The normalized spacial score (nSPS) is 13.1. The summed E-state index contributed by atoms with van der Waals surface area (Å²) in [4.78, 5) is 0. The Balaban J connectivity index is 3.07. The average molecular weight is 219 g/mol. The second kappa shape index (κ2) is 4.09. The molecule has 1 aromatic carbocycles. The summed E-state index contributed by atoms with van der Waals surface area (Å²) in [6.07, 6.45) is 0. The Morgan fingerprint density at radius 3 is 2.36 bits per heavy atom. The lowest BCUT2D eigenvalue weighted by atomic mass is 9.87. The molecular formula is C9H8BClF3-. The van der Waals surface area contributed by atoms with Crippen molar-refractivity contribution in [3.63, 3.8) is 0 Å². The van der Waals surface area contributed by atoms with Gasteiger partial charge in [-0.3, -0.25) is 0 Å². The minimum Gasteiger partial charge on any atom is -0.445 e. The van der Waals surface area contributed by atoms with Gasteiger partial charge in [0.25, 0.3) is 0 Å². The van der Waals surface area contributed by atoms with Crippen LogP contribution in [0.2, 0.25) is 5.02 Å². The molecule has 0 saturated carbocycles. The zero-order chi connectivity index (χ0) is 10.8. The van der Waals surface area contributed by atoms with Gasteiger partial charge < -0.3 is 12.9 Å². The second-order valence-corrected chi connectivity index (χ2v) is 3.36. The highest BCUT2D eigenvalue weighted by atomic mass is 35.5. The van der Waals surface area contributed by atoms with Gasteiger partial charge in [-0.1, -0.05) is 35.4 Å². The van der Waals surface area contributed by atoms with E-state index in [1.165, 1.54) is 6.92 Å². The van der Waals surface area contributed by atoms with Gasteiger partial charge in [-0.15, -0.1) is 5.98 Å². The molecule has 0 aromatic heterocycles. The van der Waals surface area contributed by atoms with E-state index < -0.39 is 6.98 Å². The Morgan fingerprint density at radius 1 is 1.29 bits per heavy atom. The van der Waals surface area contributed by atoms with Crippen molar-refractivity contribution in [2.75, 3.05) is 0 Å². The van der Waals surface area contributed by atoms with Crippen LogP contribution in [0.15, 0.2) is 30.2 Å². The van der Waals surface area contributed by atoms with Gasteiger partial charge in [-0.05, 0) is 18.6 Å². The highest BCUT2D eigenvalue weighted by Crippen LogP contribution is 2.25. The summed E-state index contributed by atoms with van der Waals surface area (Å²) in [6.45, 7) is -3.51. The van der Waals surface area contributed by atoms with Crippen molar-refractivity contribution in [2.45, 2.75) is 6.92 Å². The Labute approximate surface area is 85.4 Å². The van der Waals surface area contributed by atoms with E-state index in [1.807, 2.05) is 0 Å². The minimum atomic E-state index is -4.91. The maximum absolute atomic E-state index is 12.1. The van der Waals surface area contributed by atoms with Gasteiger partial charge in [0, 0.05) is 5.02 Å². The molecule has 14 heavy (non-hydrogen) atoms. The summed E-state index contributed by atoms with van der Waals surface area (Å²) in [5.74, 6) is 0.307. The van der Waals surface area contributed by atoms with Crippen molar-refractivity contribution in [1.29, 1.82) is 0 Å². The summed E-state index contributed by atoms with van der Waals surface area (Å²) in [7, 11) is 0. The van der Waals surface area contributed by atoms with Crippen LogP contribution in [0.3, 0.4) is 0 Å². The number of rotatable bonds is 2. The largest absolute Gasteiger partial charge is 0.502 e. The third kappa shape index (κ3) is 3.11. The van der Waals surface area contributed by atoms with Gasteiger partial charge in [0.15, 0.2) is 0 Å². The first-order valence-corrected chi connectivity index (χ1v) is 4.42. The molecule has 0 aliphatic carbocycles. The van der Waals surface area contributed by atoms with Crippen molar-refractivity contribution in [3.8, 4) is 0 Å². The molecule has 0 nitrogen and oxygen atoms in total. The third-order valence-electron chi connectivity index (χ3n) is 1.74. The van der Waals surface area contributed by atoms with Crippen LogP contribution in [0.1, 0.15) is 12.5 Å². The fourth-order valence-corrected chi connectivity index (χ4v) is 1.44. The fraction of sp³-hybridized carbons (Fsp3) is 0.111. The van der Waals surface area contributed by atoms with Crippen molar-refractivity contribution >= 4 is 24.2 Å². The molecule has 0 radical (unpaired) electrons. The van der Waals surface area contributed by atoms with Crippen LogP contribution in [0.25, 0.3) is 5.57 Å². The molecule has 0 amide bonds. The van der Waals surface area contributed by atoms with Crippen LogP contribution in [0.4, 0.5) is 12.9 Å². The average Bonchev–Trinajstić information content (AvgIpc) is 2.01. The number of hydrogen-bond acceptors (Lipinski definition) is 0. The zero-order valence-electron chi connectivity index (χ0n) is 7.48. The molecule has 0 saturated heterocycles. The van der Waals surface area contributed by atoms with Crippen molar-refractivity contribution < 1.29 is 12.9 Å². The molecule has 1 aromatic rings. The first-order valence-electron chi connectivity index (χ1n) is 4.04. The van der Waals surface area contributed by atoms with Crippen LogP contribution in [0.5, 0.6) is 0 Å². The number of allylic oxidation sites excluding steroid dienone is 1. The van der Waals surface area contributed by atoms with E-state index in [4.69, 9.17) is 11.6 Å². The van der Waals surface area contributed by atoms with E-state index in [0.717, 1.165) is 0 Å². The van der Waals surface area contributed by atoms with Crippen molar-refractivity contribution in [1.82, 2.24) is 0 Å². The fourth-order valence-electron chi connectivity index (χ4n) is 1.15. The van der Waals surface area contributed by atoms with E-state index in [0.29, 0.717) is 16.6 Å². The molecule has 0 fully saturated rings. The van der Waals surface area contributed by atoms with Gasteiger partial charge in [-0.25, -0.2) is 0 Å². The molecule has 0 unspecified atom stereocenters. The number of halogens is 4. The molecule has 1 rings (SSSR count). The summed E-state index contributed by atoms with van der Waals surface area (Å²) >= 11 is 5.75. The third-order valence-corrected chi connectivity index (χ3v) is 2.07. The Hall–Kier alpha value is -0.895. The first kappa shape index (κ1) is 11.2. The second-order valence-electron chi connectivity index (χ2n) is 2.95. The molecule has 0 aliphatic rings. The molecule has 5 heteroatoms. The van der Waals surface area contributed by atoms with Crippen LogP contribution in [-0.2, 0) is 0 Å². The predicted molar refractivity (Wildman–Crippen MR) is 54.2 cm³/mol. The van der Waals surface area contributed by atoms with E-state index >= 15 is 0 Å². The quantitative estimate of drug-likeness (QED) is 0.656. The lowest BCUT2D eigenvalue weighted by Gasteiger charge is -2.11. The maximum atomic E-state index is 12.1. The first-order chi connectivity index (χ1) is 6.40. The van der Waals surface area contributed by atoms with Crippen molar-refractivity contribution in [2.24, 2.45) is 0 Å². The topological polar surface area (TPSA) is 0 Å². The van der Waals surface area contributed by atoms with Crippen LogP contribution < -0.4 is 0 Å². The van der Waals surface area contributed by atoms with E-state index in [9.17, 15) is 12.9 Å². The summed E-state index contributed by atoms with van der Waals surface area (Å²) in [5.41, 5.74) is 0.566. The van der Waals surface area contributed by atoms with E-state index in [2.05, 4.69) is 0 Å².